The zero-order valence-electron chi connectivity index (χ0n) is 16.0. The number of carboxylic acid groups (broad SMARTS) is 1. The Morgan fingerprint density at radius 2 is 1.48 bits per heavy atom. The van der Waals surface area contributed by atoms with Crippen LogP contribution in [0.1, 0.15) is 49.1 Å². The predicted molar refractivity (Wildman–Crippen MR) is 105 cm³/mol. The van der Waals surface area contributed by atoms with E-state index in [1.165, 1.54) is 0 Å². The second-order valence-electron chi connectivity index (χ2n) is 7.32. The molecule has 154 valence electrons. The maximum absolute atomic E-state index is 12.3. The van der Waals surface area contributed by atoms with E-state index in [1.807, 2.05) is 48.5 Å². The number of ether oxygens (including phenoxy) is 1. The molecule has 0 aliphatic heterocycles. The van der Waals surface area contributed by atoms with Gasteiger partial charge in [-0.25, -0.2) is 8.78 Å². The van der Waals surface area contributed by atoms with Crippen molar-refractivity contribution in [3.63, 3.8) is 0 Å². The van der Waals surface area contributed by atoms with E-state index in [2.05, 4.69) is 0 Å². The molecule has 0 saturated carbocycles. The number of esters is 1. The Balaban J connectivity index is 1.58. The highest BCUT2D eigenvalue weighted by molar-refractivity contribution is 5.80. The van der Waals surface area contributed by atoms with Crippen LogP contribution in [0.5, 0.6) is 0 Å². The summed E-state index contributed by atoms with van der Waals surface area (Å²) in [7, 11) is 0. The summed E-state index contributed by atoms with van der Waals surface area (Å²) in [6, 6.07) is 15.9. The molecular weight excluding hydrogens is 378 g/mol. The van der Waals surface area contributed by atoms with Gasteiger partial charge in [-0.05, 0) is 35.1 Å². The summed E-state index contributed by atoms with van der Waals surface area (Å²) in [5, 5.41) is 9.31. The monoisotopic (exact) mass is 402 g/mol. The van der Waals surface area contributed by atoms with Gasteiger partial charge in [0.2, 0.25) is 6.43 Å². The molecular formula is C23H24F2O4. The number of fused-ring (bicyclic) bond motifs is 3. The molecule has 0 bridgehead atoms. The van der Waals surface area contributed by atoms with Gasteiger partial charge in [0.05, 0.1) is 12.3 Å². The third-order valence-electron chi connectivity index (χ3n) is 5.36. The number of rotatable bonds is 10. The highest BCUT2D eigenvalue weighted by Crippen LogP contribution is 2.44. The van der Waals surface area contributed by atoms with E-state index in [1.54, 1.807) is 0 Å². The van der Waals surface area contributed by atoms with E-state index in [-0.39, 0.29) is 38.2 Å². The Bertz CT molecular complexity index is 820. The lowest BCUT2D eigenvalue weighted by Gasteiger charge is -2.16. The first-order valence-corrected chi connectivity index (χ1v) is 9.82. The van der Waals surface area contributed by atoms with Crippen LogP contribution in [0.25, 0.3) is 11.1 Å². The number of halogens is 2. The molecule has 1 atom stereocenters. The van der Waals surface area contributed by atoms with Gasteiger partial charge in [-0.15, -0.1) is 0 Å². The quantitative estimate of drug-likeness (QED) is 0.435. The minimum Gasteiger partial charge on any atom is -0.481 e. The molecule has 0 fully saturated rings. The van der Waals surface area contributed by atoms with E-state index in [9.17, 15) is 23.5 Å². The van der Waals surface area contributed by atoms with E-state index in [0.29, 0.717) is 6.42 Å². The number of aliphatic carboxylic acids is 1. The van der Waals surface area contributed by atoms with Gasteiger partial charge in [-0.2, -0.15) is 0 Å². The number of carboxylic acids is 1. The molecule has 0 unspecified atom stereocenters. The van der Waals surface area contributed by atoms with Gasteiger partial charge in [0.1, 0.15) is 6.61 Å². The molecule has 29 heavy (non-hydrogen) atoms. The molecule has 0 saturated heterocycles. The largest absolute Gasteiger partial charge is 0.481 e. The van der Waals surface area contributed by atoms with Gasteiger partial charge < -0.3 is 9.84 Å². The van der Waals surface area contributed by atoms with Crippen LogP contribution < -0.4 is 0 Å². The van der Waals surface area contributed by atoms with Gasteiger partial charge in [-0.3, -0.25) is 9.59 Å². The standard InChI is InChI=1S/C23H24F2O4/c24-21(25)12-6-1-7-15(23(27)28)13-22(26)29-14-20-18-10-4-2-8-16(18)17-9-3-5-11-19(17)20/h2-5,8-11,15,20-21H,1,6-7,12-14H2,(H,27,28)/t15-/m1/s1. The summed E-state index contributed by atoms with van der Waals surface area (Å²) in [6.07, 6.45) is -2.12. The number of benzene rings is 2. The molecule has 0 amide bonds. The van der Waals surface area contributed by atoms with Crippen molar-refractivity contribution in [2.24, 2.45) is 5.92 Å². The first-order valence-electron chi connectivity index (χ1n) is 9.82. The molecule has 1 aliphatic carbocycles. The van der Waals surface area contributed by atoms with Crippen LogP contribution >= 0.6 is 0 Å². The van der Waals surface area contributed by atoms with E-state index in [0.717, 1.165) is 22.3 Å². The molecule has 1 aliphatic rings. The Hall–Kier alpha value is -2.76. The molecule has 0 heterocycles. The van der Waals surface area contributed by atoms with E-state index in [4.69, 9.17) is 4.74 Å². The summed E-state index contributed by atoms with van der Waals surface area (Å²) in [4.78, 5) is 23.7. The second kappa shape index (κ2) is 9.63. The van der Waals surface area contributed by atoms with Crippen molar-refractivity contribution in [1.82, 2.24) is 0 Å². The predicted octanol–water partition coefficient (Wildman–Crippen LogP) is 5.26. The molecule has 6 heteroatoms. The van der Waals surface area contributed by atoms with Crippen molar-refractivity contribution < 1.29 is 28.2 Å². The van der Waals surface area contributed by atoms with Crippen LogP contribution in [-0.2, 0) is 14.3 Å². The SMILES string of the molecule is O=C(C[C@@H](CCCCC(F)F)C(=O)O)OCC1c2ccccc2-c2ccccc21. The highest BCUT2D eigenvalue weighted by atomic mass is 19.3. The van der Waals surface area contributed by atoms with Crippen molar-refractivity contribution in [2.75, 3.05) is 6.61 Å². The fourth-order valence-corrected chi connectivity index (χ4v) is 3.88. The third-order valence-corrected chi connectivity index (χ3v) is 5.36. The third kappa shape index (κ3) is 5.19. The van der Waals surface area contributed by atoms with Crippen LogP contribution in [0.3, 0.4) is 0 Å². The molecule has 0 spiro atoms. The Morgan fingerprint density at radius 3 is 2.03 bits per heavy atom. The number of carbonyl (C=O) groups is 2. The molecule has 2 aromatic carbocycles. The number of hydrogen-bond donors (Lipinski definition) is 1. The molecule has 4 nitrogen and oxygen atoms in total. The Kier molecular flexibility index (Phi) is 6.96. The van der Waals surface area contributed by atoms with Gasteiger partial charge in [0.15, 0.2) is 0 Å². The minimum atomic E-state index is -2.39. The summed E-state index contributed by atoms with van der Waals surface area (Å²) < 4.78 is 29.8. The second-order valence-corrected chi connectivity index (χ2v) is 7.32. The Morgan fingerprint density at radius 1 is 0.931 bits per heavy atom. The van der Waals surface area contributed by atoms with Crippen LogP contribution in [0.2, 0.25) is 0 Å². The van der Waals surface area contributed by atoms with Gasteiger partial charge in [0, 0.05) is 12.3 Å². The number of hydrogen-bond acceptors (Lipinski definition) is 3. The molecule has 0 radical (unpaired) electrons. The van der Waals surface area contributed by atoms with E-state index >= 15 is 0 Å². The van der Waals surface area contributed by atoms with Crippen molar-refractivity contribution >= 4 is 11.9 Å². The molecule has 1 N–H and O–H groups in total. The number of unbranched alkanes of at least 4 members (excludes halogenated alkanes) is 1. The van der Waals surface area contributed by atoms with Crippen molar-refractivity contribution in [3.05, 3.63) is 59.7 Å². The average Bonchev–Trinajstić information content (AvgIpc) is 3.02. The van der Waals surface area contributed by atoms with Crippen molar-refractivity contribution in [3.8, 4) is 11.1 Å². The van der Waals surface area contributed by atoms with Crippen molar-refractivity contribution in [1.29, 1.82) is 0 Å². The van der Waals surface area contributed by atoms with E-state index < -0.39 is 24.3 Å². The van der Waals surface area contributed by atoms with Gasteiger partial charge >= 0.3 is 11.9 Å². The lowest BCUT2D eigenvalue weighted by atomic mass is 9.97. The summed E-state index contributed by atoms with van der Waals surface area (Å²) in [5.41, 5.74) is 4.41. The fraction of sp³-hybridized carbons (Fsp3) is 0.391. The topological polar surface area (TPSA) is 63.6 Å². The fourth-order valence-electron chi connectivity index (χ4n) is 3.88. The lowest BCUT2D eigenvalue weighted by molar-refractivity contribution is -0.152. The normalized spacial score (nSPS) is 13.8. The molecule has 3 rings (SSSR count). The summed E-state index contributed by atoms with van der Waals surface area (Å²) in [6.45, 7) is 0.143. The van der Waals surface area contributed by atoms with Crippen LogP contribution in [0.15, 0.2) is 48.5 Å². The zero-order chi connectivity index (χ0) is 20.8. The van der Waals surface area contributed by atoms with Gasteiger partial charge in [0.25, 0.3) is 0 Å². The lowest BCUT2D eigenvalue weighted by Crippen LogP contribution is -2.21. The van der Waals surface area contributed by atoms with Crippen LogP contribution in [-0.4, -0.2) is 30.1 Å². The maximum atomic E-state index is 12.3. The van der Waals surface area contributed by atoms with Crippen molar-refractivity contribution in [2.45, 2.75) is 44.4 Å². The first-order chi connectivity index (χ1) is 14.0. The average molecular weight is 402 g/mol. The Labute approximate surface area is 168 Å². The maximum Gasteiger partial charge on any atom is 0.307 e. The summed E-state index contributed by atoms with van der Waals surface area (Å²) >= 11 is 0. The molecule has 0 aromatic heterocycles. The first kappa shape index (κ1) is 21.0. The van der Waals surface area contributed by atoms with Gasteiger partial charge in [-0.1, -0.05) is 55.0 Å². The number of alkyl halides is 2. The number of carbonyl (C=O) groups excluding carboxylic acids is 1. The summed E-state index contributed by atoms with van der Waals surface area (Å²) in [5.74, 6) is -2.67. The zero-order valence-corrected chi connectivity index (χ0v) is 16.0. The smallest absolute Gasteiger partial charge is 0.307 e. The van der Waals surface area contributed by atoms with Crippen LogP contribution in [0, 0.1) is 5.92 Å². The highest BCUT2D eigenvalue weighted by Gasteiger charge is 2.29. The van der Waals surface area contributed by atoms with Crippen LogP contribution in [0.4, 0.5) is 8.78 Å². The molecule has 2 aromatic rings. The minimum absolute atomic E-state index is 0.0827.